The molecule has 2 saturated carbocycles. The van der Waals surface area contributed by atoms with Crippen molar-refractivity contribution in [2.75, 3.05) is 26.7 Å². The van der Waals surface area contributed by atoms with Crippen LogP contribution in [-0.2, 0) is 4.79 Å². The summed E-state index contributed by atoms with van der Waals surface area (Å²) in [6, 6.07) is 1.27. The number of ether oxygens (including phenoxy) is 1. The lowest BCUT2D eigenvalue weighted by Crippen LogP contribution is -2.51. The number of carbonyl (C=O) groups excluding carboxylic acids is 2. The minimum atomic E-state index is -0.986. The van der Waals surface area contributed by atoms with Crippen LogP contribution in [0.1, 0.15) is 74.7 Å². The second-order valence-electron chi connectivity index (χ2n) is 10.5. The maximum Gasteiger partial charge on any atom is 0.259 e. The van der Waals surface area contributed by atoms with Gasteiger partial charge in [-0.2, -0.15) is 0 Å². The molecule has 0 radical (unpaired) electrons. The quantitative estimate of drug-likeness (QED) is 0.623. The molecule has 0 saturated heterocycles. The first-order chi connectivity index (χ1) is 16.7. The molecule has 2 amide bonds. The van der Waals surface area contributed by atoms with Crippen molar-refractivity contribution >= 4 is 11.8 Å². The molecular formula is C27H37N3O5. The van der Waals surface area contributed by atoms with Crippen LogP contribution in [-0.4, -0.2) is 81.3 Å². The lowest BCUT2D eigenvalue weighted by Gasteiger charge is -2.38. The standard InChI is InChI=1S/C27H37N3O5/c1-18-15-30(19(2)17-31)26(33)22-13-20(9-12-27(34)10-4-5-11-27)14-28-24(22)35-23(18)16-29(3)25(32)21-7-6-8-21/h13-14,18-19,21,23,31,34H,4-8,10-11,15-17H2,1-3H3/t18-,19+,23-/m1/s1. The van der Waals surface area contributed by atoms with Gasteiger partial charge in [0.2, 0.25) is 11.8 Å². The van der Waals surface area contributed by atoms with Gasteiger partial charge in [-0.25, -0.2) is 4.98 Å². The predicted octanol–water partition coefficient (Wildman–Crippen LogP) is 2.22. The summed E-state index contributed by atoms with van der Waals surface area (Å²) in [5, 5.41) is 20.4. The molecule has 1 aliphatic heterocycles. The van der Waals surface area contributed by atoms with Crippen LogP contribution in [0.5, 0.6) is 5.88 Å². The molecule has 2 heterocycles. The van der Waals surface area contributed by atoms with Gasteiger partial charge in [0.25, 0.3) is 5.91 Å². The van der Waals surface area contributed by atoms with Gasteiger partial charge in [-0.15, -0.1) is 0 Å². The highest BCUT2D eigenvalue weighted by Gasteiger charge is 2.36. The van der Waals surface area contributed by atoms with E-state index in [1.54, 1.807) is 36.0 Å². The van der Waals surface area contributed by atoms with E-state index >= 15 is 0 Å². The molecule has 4 rings (SSSR count). The average Bonchev–Trinajstić information content (AvgIpc) is 3.25. The zero-order valence-electron chi connectivity index (χ0n) is 21.0. The van der Waals surface area contributed by atoms with Gasteiger partial charge in [0.05, 0.1) is 19.2 Å². The van der Waals surface area contributed by atoms with Crippen molar-refractivity contribution in [1.82, 2.24) is 14.8 Å². The van der Waals surface area contributed by atoms with Crippen LogP contribution in [0.4, 0.5) is 0 Å². The molecule has 1 aromatic rings. The summed E-state index contributed by atoms with van der Waals surface area (Å²) >= 11 is 0. The number of fused-ring (bicyclic) bond motifs is 1. The van der Waals surface area contributed by atoms with Crippen LogP contribution in [0.3, 0.4) is 0 Å². The molecule has 2 aliphatic carbocycles. The van der Waals surface area contributed by atoms with E-state index < -0.39 is 5.60 Å². The first kappa shape index (κ1) is 25.5. The van der Waals surface area contributed by atoms with E-state index in [2.05, 4.69) is 16.8 Å². The summed E-state index contributed by atoms with van der Waals surface area (Å²) in [4.78, 5) is 34.1. The van der Waals surface area contributed by atoms with Crippen LogP contribution in [0.2, 0.25) is 0 Å². The number of carbonyl (C=O) groups is 2. The molecule has 35 heavy (non-hydrogen) atoms. The largest absolute Gasteiger partial charge is 0.472 e. The number of likely N-dealkylation sites (N-methyl/N-ethyl adjacent to an activating group) is 1. The number of rotatable bonds is 5. The van der Waals surface area contributed by atoms with E-state index in [4.69, 9.17) is 4.74 Å². The SMILES string of the molecule is C[C@@H]1CN([C@@H](C)CO)C(=O)c2cc(C#CC3(O)CCCC3)cnc2O[C@@H]1CN(C)C(=O)C1CCC1. The van der Waals surface area contributed by atoms with Crippen LogP contribution in [0.25, 0.3) is 0 Å². The van der Waals surface area contributed by atoms with Crippen molar-refractivity contribution in [2.45, 2.75) is 76.5 Å². The molecule has 0 bridgehead atoms. The van der Waals surface area contributed by atoms with Crippen molar-refractivity contribution in [2.24, 2.45) is 11.8 Å². The van der Waals surface area contributed by atoms with Crippen molar-refractivity contribution in [3.63, 3.8) is 0 Å². The Balaban J connectivity index is 1.63. The topological polar surface area (TPSA) is 103 Å². The number of pyridine rings is 1. The van der Waals surface area contributed by atoms with E-state index in [1.807, 2.05) is 6.92 Å². The van der Waals surface area contributed by atoms with E-state index in [1.165, 1.54) is 0 Å². The van der Waals surface area contributed by atoms with Gasteiger partial charge in [-0.1, -0.05) is 25.2 Å². The third kappa shape index (κ3) is 5.62. The van der Waals surface area contributed by atoms with Gasteiger partial charge >= 0.3 is 0 Å². The van der Waals surface area contributed by atoms with Crippen molar-refractivity contribution in [1.29, 1.82) is 0 Å². The molecule has 0 unspecified atom stereocenters. The van der Waals surface area contributed by atoms with E-state index in [0.29, 0.717) is 31.5 Å². The molecule has 2 fully saturated rings. The first-order valence-electron chi connectivity index (χ1n) is 12.8. The maximum atomic E-state index is 13.5. The zero-order valence-corrected chi connectivity index (χ0v) is 21.0. The third-order valence-corrected chi connectivity index (χ3v) is 7.68. The van der Waals surface area contributed by atoms with Gasteiger partial charge in [0.1, 0.15) is 17.3 Å². The summed E-state index contributed by atoms with van der Waals surface area (Å²) in [5.41, 5.74) is -0.180. The molecule has 1 aromatic heterocycles. The fourth-order valence-electron chi connectivity index (χ4n) is 4.99. The molecule has 2 N–H and O–H groups in total. The van der Waals surface area contributed by atoms with Gasteiger partial charge in [-0.05, 0) is 51.5 Å². The lowest BCUT2D eigenvalue weighted by atomic mass is 9.84. The van der Waals surface area contributed by atoms with Gasteiger partial charge < -0.3 is 24.7 Å². The minimum Gasteiger partial charge on any atom is -0.472 e. The number of hydrogen-bond acceptors (Lipinski definition) is 6. The Morgan fingerprint density at radius 1 is 1.34 bits per heavy atom. The average molecular weight is 484 g/mol. The summed E-state index contributed by atoms with van der Waals surface area (Å²) in [7, 11) is 1.80. The normalized spacial score (nSPS) is 24.7. The summed E-state index contributed by atoms with van der Waals surface area (Å²) in [6.07, 6.45) is 7.35. The maximum absolute atomic E-state index is 13.5. The molecule has 8 nitrogen and oxygen atoms in total. The van der Waals surface area contributed by atoms with E-state index in [0.717, 1.165) is 32.1 Å². The second-order valence-corrected chi connectivity index (χ2v) is 10.5. The molecule has 3 atom stereocenters. The molecule has 0 aromatic carbocycles. The predicted molar refractivity (Wildman–Crippen MR) is 131 cm³/mol. The van der Waals surface area contributed by atoms with Crippen molar-refractivity contribution in [3.05, 3.63) is 23.4 Å². The van der Waals surface area contributed by atoms with Crippen LogP contribution >= 0.6 is 0 Å². The summed E-state index contributed by atoms with van der Waals surface area (Å²) < 4.78 is 6.27. The fourth-order valence-corrected chi connectivity index (χ4v) is 4.99. The van der Waals surface area contributed by atoms with Gasteiger partial charge in [0.15, 0.2) is 0 Å². The van der Waals surface area contributed by atoms with E-state index in [-0.39, 0.29) is 53.8 Å². The number of nitrogens with zero attached hydrogens (tertiary/aromatic N) is 3. The smallest absolute Gasteiger partial charge is 0.259 e. The number of amides is 2. The minimum absolute atomic E-state index is 0.0874. The molecule has 8 heteroatoms. The molecule has 3 aliphatic rings. The highest BCUT2D eigenvalue weighted by atomic mass is 16.5. The number of hydrogen-bond donors (Lipinski definition) is 2. The summed E-state index contributed by atoms with van der Waals surface area (Å²) in [5.74, 6) is 6.02. The second kappa shape index (κ2) is 10.5. The summed E-state index contributed by atoms with van der Waals surface area (Å²) in [6.45, 7) is 4.40. The fraction of sp³-hybridized carbons (Fsp3) is 0.667. The Kier molecular flexibility index (Phi) is 7.67. The van der Waals surface area contributed by atoms with Crippen LogP contribution in [0, 0.1) is 23.7 Å². The van der Waals surface area contributed by atoms with Crippen LogP contribution in [0.15, 0.2) is 12.3 Å². The molecule has 0 spiro atoms. The number of aliphatic hydroxyl groups is 2. The monoisotopic (exact) mass is 483 g/mol. The molecular weight excluding hydrogens is 446 g/mol. The Labute approximate surface area is 207 Å². The van der Waals surface area contributed by atoms with Crippen molar-refractivity contribution < 1.29 is 24.5 Å². The van der Waals surface area contributed by atoms with Gasteiger partial charge in [0, 0.05) is 37.2 Å². The zero-order chi connectivity index (χ0) is 25.2. The first-order valence-corrected chi connectivity index (χ1v) is 12.8. The Morgan fingerprint density at radius 3 is 2.69 bits per heavy atom. The Hall–Kier alpha value is -2.63. The number of aromatic nitrogens is 1. The highest BCUT2D eigenvalue weighted by Crippen LogP contribution is 2.31. The Morgan fingerprint density at radius 2 is 2.06 bits per heavy atom. The molecule has 190 valence electrons. The van der Waals surface area contributed by atoms with Gasteiger partial charge in [-0.3, -0.25) is 9.59 Å². The number of aliphatic hydroxyl groups excluding tert-OH is 1. The van der Waals surface area contributed by atoms with E-state index in [9.17, 15) is 19.8 Å². The van der Waals surface area contributed by atoms with Crippen molar-refractivity contribution in [3.8, 4) is 17.7 Å². The third-order valence-electron chi connectivity index (χ3n) is 7.68. The lowest BCUT2D eigenvalue weighted by molar-refractivity contribution is -0.138. The Bertz CT molecular complexity index is 1010. The highest BCUT2D eigenvalue weighted by molar-refractivity contribution is 5.97. The van der Waals surface area contributed by atoms with Crippen LogP contribution < -0.4 is 4.74 Å².